The lowest BCUT2D eigenvalue weighted by molar-refractivity contribution is 0.0555. The smallest absolute Gasteiger partial charge is 0.274 e. The second-order valence-corrected chi connectivity index (χ2v) is 24.4. The molecule has 6 rings (SSSR count). The summed E-state index contributed by atoms with van der Waals surface area (Å²) in [5.74, 6) is -1.13. The van der Waals surface area contributed by atoms with Gasteiger partial charge in [0.05, 0.1) is 23.1 Å². The standard InChI is InChI=1S/C47H58ClN5O6SSi/c1-9-11-24-52(25-12-10-2)46(56)42-30-51(6)43(49-42)38-23-21-34(44(54)50-60(57,58)37-22-20-32-18-15-19-41(48)39(32)28-37)27-40(38)45(55)53-29-35-17-14-13-16-33(35)26-36(53)31-59-61(7,8)47(3,4)5/h13-23,27-28,30,36H,9-12,24-26,29,31H2,1-8H3,(H,50,54)/t36-/m0/s1. The Balaban J connectivity index is 1.42. The van der Waals surface area contributed by atoms with Gasteiger partial charge in [-0.25, -0.2) is 18.1 Å². The van der Waals surface area contributed by atoms with Crippen LogP contribution < -0.4 is 4.72 Å². The molecule has 3 amide bonds. The number of sulfonamides is 1. The number of hydrogen-bond acceptors (Lipinski definition) is 7. The van der Waals surface area contributed by atoms with E-state index in [1.54, 1.807) is 47.0 Å². The van der Waals surface area contributed by atoms with Crippen molar-refractivity contribution in [1.29, 1.82) is 0 Å². The first-order valence-corrected chi connectivity index (χ1v) is 25.9. The van der Waals surface area contributed by atoms with Crippen molar-refractivity contribution >= 4 is 58.4 Å². The van der Waals surface area contributed by atoms with E-state index >= 15 is 4.79 Å². The minimum Gasteiger partial charge on any atom is -0.415 e. The van der Waals surface area contributed by atoms with Crippen molar-refractivity contribution in [3.05, 3.63) is 118 Å². The predicted molar refractivity (Wildman–Crippen MR) is 245 cm³/mol. The normalized spacial score (nSPS) is 14.5. The van der Waals surface area contributed by atoms with Gasteiger partial charge in [-0.3, -0.25) is 14.4 Å². The highest BCUT2D eigenvalue weighted by molar-refractivity contribution is 7.90. The van der Waals surface area contributed by atoms with E-state index in [4.69, 9.17) is 21.0 Å². The van der Waals surface area contributed by atoms with Crippen molar-refractivity contribution < 1.29 is 27.2 Å². The maximum absolute atomic E-state index is 15.3. The van der Waals surface area contributed by atoms with Crippen LogP contribution in [0.3, 0.4) is 0 Å². The number of aromatic nitrogens is 2. The number of fused-ring (bicyclic) bond motifs is 2. The van der Waals surface area contributed by atoms with Crippen molar-refractivity contribution in [2.45, 2.75) is 102 Å². The van der Waals surface area contributed by atoms with Crippen LogP contribution in [-0.2, 0) is 34.5 Å². The molecule has 1 aliphatic rings. The molecule has 2 heterocycles. The van der Waals surface area contributed by atoms with Crippen LogP contribution in [0, 0.1) is 0 Å². The number of amides is 3. The summed E-state index contributed by atoms with van der Waals surface area (Å²) in [5.41, 5.74) is 2.87. The molecule has 1 aromatic heterocycles. The average Bonchev–Trinajstić information content (AvgIpc) is 3.62. The summed E-state index contributed by atoms with van der Waals surface area (Å²) in [6, 6.07) is 21.9. The summed E-state index contributed by atoms with van der Waals surface area (Å²) in [7, 11) is -4.82. The Morgan fingerprint density at radius 1 is 0.934 bits per heavy atom. The zero-order valence-corrected chi connectivity index (χ0v) is 39.1. The number of hydrogen-bond donors (Lipinski definition) is 1. The topological polar surface area (TPSA) is 131 Å². The molecule has 1 atom stereocenters. The highest BCUT2D eigenvalue weighted by atomic mass is 35.5. The number of rotatable bonds is 15. The fraction of sp³-hybridized carbons (Fsp3) is 0.404. The van der Waals surface area contributed by atoms with E-state index in [2.05, 4.69) is 58.5 Å². The first-order chi connectivity index (χ1) is 28.8. The number of nitrogens with zero attached hydrogens (tertiary/aromatic N) is 4. The summed E-state index contributed by atoms with van der Waals surface area (Å²) in [5, 5.41) is 1.60. The van der Waals surface area contributed by atoms with Crippen molar-refractivity contribution in [3.8, 4) is 11.4 Å². The van der Waals surface area contributed by atoms with E-state index in [9.17, 15) is 18.0 Å². The molecule has 0 radical (unpaired) electrons. The maximum Gasteiger partial charge on any atom is 0.274 e. The van der Waals surface area contributed by atoms with Crippen molar-refractivity contribution in [1.82, 2.24) is 24.1 Å². The number of nitrogens with one attached hydrogen (secondary N) is 1. The van der Waals surface area contributed by atoms with Gasteiger partial charge >= 0.3 is 0 Å². The third-order valence-electron chi connectivity index (χ3n) is 12.1. The van der Waals surface area contributed by atoms with Crippen molar-refractivity contribution in [3.63, 3.8) is 0 Å². The quantitative estimate of drug-likeness (QED) is 0.104. The molecule has 1 aliphatic heterocycles. The number of carbonyl (C=O) groups excluding carboxylic acids is 3. The maximum atomic E-state index is 15.3. The molecule has 0 unspecified atom stereocenters. The van der Waals surface area contributed by atoms with Gasteiger partial charge in [-0.15, -0.1) is 0 Å². The van der Waals surface area contributed by atoms with Gasteiger partial charge in [0.2, 0.25) is 0 Å². The van der Waals surface area contributed by atoms with Crippen LogP contribution >= 0.6 is 11.6 Å². The van der Waals surface area contributed by atoms with E-state index < -0.39 is 24.2 Å². The Morgan fingerprint density at radius 3 is 2.30 bits per heavy atom. The molecule has 0 saturated carbocycles. The highest BCUT2D eigenvalue weighted by Crippen LogP contribution is 2.38. The molecule has 0 fully saturated rings. The Bertz CT molecular complexity index is 2540. The second kappa shape index (κ2) is 18.7. The molecule has 1 N–H and O–H groups in total. The zero-order chi connectivity index (χ0) is 44.3. The molecule has 61 heavy (non-hydrogen) atoms. The van der Waals surface area contributed by atoms with Gasteiger partial charge in [-0.05, 0) is 90.3 Å². The molecule has 14 heteroatoms. The summed E-state index contributed by atoms with van der Waals surface area (Å²) < 4.78 is 38.1. The summed E-state index contributed by atoms with van der Waals surface area (Å²) in [6.45, 7) is 16.9. The number of imidazole rings is 1. The lowest BCUT2D eigenvalue weighted by Crippen LogP contribution is -2.50. The summed E-state index contributed by atoms with van der Waals surface area (Å²) in [4.78, 5) is 51.5. The SMILES string of the molecule is CCCCN(CCCC)C(=O)c1cn(C)c(-c2ccc(C(=O)NS(=O)(=O)c3ccc4cccc(Cl)c4c3)cc2C(=O)N2Cc3ccccc3C[C@H]2CO[Si](C)(C)C(C)(C)C)n1. The second-order valence-electron chi connectivity index (χ2n) is 17.5. The predicted octanol–water partition coefficient (Wildman–Crippen LogP) is 9.64. The third kappa shape index (κ3) is 10.1. The molecule has 0 spiro atoms. The molecular weight excluding hydrogens is 826 g/mol. The minimum absolute atomic E-state index is 0.0446. The van der Waals surface area contributed by atoms with Gasteiger partial charge in [-0.1, -0.05) is 102 Å². The molecule has 0 aliphatic carbocycles. The van der Waals surface area contributed by atoms with E-state index in [0.29, 0.717) is 54.5 Å². The minimum atomic E-state index is -4.37. The van der Waals surface area contributed by atoms with Gasteiger partial charge in [-0.2, -0.15) is 0 Å². The summed E-state index contributed by atoms with van der Waals surface area (Å²) in [6.07, 6.45) is 5.84. The molecule has 4 aromatic carbocycles. The van der Waals surface area contributed by atoms with E-state index in [0.717, 1.165) is 42.2 Å². The third-order valence-corrected chi connectivity index (χ3v) is 18.3. The monoisotopic (exact) mass is 883 g/mol. The fourth-order valence-electron chi connectivity index (χ4n) is 7.32. The summed E-state index contributed by atoms with van der Waals surface area (Å²) >= 11 is 6.39. The van der Waals surface area contributed by atoms with Crippen molar-refractivity contribution in [2.24, 2.45) is 7.05 Å². The molecule has 5 aromatic rings. The first-order valence-electron chi connectivity index (χ1n) is 21.1. The van der Waals surface area contributed by atoms with Crippen LogP contribution in [0.1, 0.15) is 103 Å². The number of aryl methyl sites for hydroxylation is 1. The van der Waals surface area contributed by atoms with Gasteiger partial charge in [0, 0.05) is 54.4 Å². The van der Waals surface area contributed by atoms with Crippen molar-refractivity contribution in [2.75, 3.05) is 19.7 Å². The van der Waals surface area contributed by atoms with Gasteiger partial charge in [0.25, 0.3) is 27.7 Å². The Kier molecular flexibility index (Phi) is 14.0. The van der Waals surface area contributed by atoms with Gasteiger partial charge in [0.15, 0.2) is 8.32 Å². The van der Waals surface area contributed by atoms with Crippen LogP contribution in [0.5, 0.6) is 0 Å². The molecule has 11 nitrogen and oxygen atoms in total. The highest BCUT2D eigenvalue weighted by Gasteiger charge is 2.40. The lowest BCUT2D eigenvalue weighted by atomic mass is 9.92. The van der Waals surface area contributed by atoms with Crippen LogP contribution in [0.4, 0.5) is 0 Å². The average molecular weight is 885 g/mol. The lowest BCUT2D eigenvalue weighted by Gasteiger charge is -2.41. The van der Waals surface area contributed by atoms with E-state index in [1.807, 2.05) is 29.2 Å². The molecule has 0 saturated heterocycles. The Labute approximate surface area is 366 Å². The Morgan fingerprint density at radius 2 is 1.62 bits per heavy atom. The van der Waals surface area contributed by atoms with Gasteiger partial charge in [0.1, 0.15) is 11.5 Å². The van der Waals surface area contributed by atoms with Crippen LogP contribution in [0.2, 0.25) is 23.2 Å². The van der Waals surface area contributed by atoms with Crippen LogP contribution in [0.25, 0.3) is 22.2 Å². The number of benzene rings is 4. The Hall–Kier alpha value is -4.82. The van der Waals surface area contributed by atoms with E-state index in [1.165, 1.54) is 24.3 Å². The van der Waals surface area contributed by atoms with Crippen LogP contribution in [0.15, 0.2) is 90.0 Å². The zero-order valence-electron chi connectivity index (χ0n) is 36.5. The van der Waals surface area contributed by atoms with Gasteiger partial charge < -0.3 is 18.8 Å². The molecule has 0 bridgehead atoms. The fourth-order valence-corrected chi connectivity index (χ4v) is 9.60. The largest absolute Gasteiger partial charge is 0.415 e. The number of carbonyl (C=O) groups is 3. The molecular formula is C47H58ClN5O6SSi. The number of unbranched alkanes of at least 4 members (excludes halogenated alkanes) is 2. The first kappa shape index (κ1) is 45.7. The van der Waals surface area contributed by atoms with E-state index in [-0.39, 0.29) is 44.6 Å². The van der Waals surface area contributed by atoms with Crippen LogP contribution in [-0.4, -0.2) is 79.5 Å². The number of halogens is 1. The molecule has 324 valence electrons.